The topological polar surface area (TPSA) is 24.9 Å². The molecule has 13 heavy (non-hydrogen) atoms. The van der Waals surface area contributed by atoms with Gasteiger partial charge in [-0.05, 0) is 41.4 Å². The Morgan fingerprint density at radius 3 is 3.15 bits per heavy atom. The first-order chi connectivity index (χ1) is 6.27. The zero-order valence-electron chi connectivity index (χ0n) is 7.06. The van der Waals surface area contributed by atoms with Crippen molar-refractivity contribution in [3.63, 3.8) is 0 Å². The highest BCUT2D eigenvalue weighted by Crippen LogP contribution is 2.26. The average Bonchev–Trinajstić information content (AvgIpc) is 2.61. The van der Waals surface area contributed by atoms with Crippen molar-refractivity contribution in [2.75, 3.05) is 6.54 Å². The third kappa shape index (κ3) is 1.89. The first kappa shape index (κ1) is 9.09. The van der Waals surface area contributed by atoms with Crippen molar-refractivity contribution in [3.8, 4) is 0 Å². The predicted molar refractivity (Wildman–Crippen MR) is 51.9 cm³/mol. The van der Waals surface area contributed by atoms with E-state index in [4.69, 9.17) is 0 Å². The van der Waals surface area contributed by atoms with Crippen LogP contribution in [0.25, 0.3) is 0 Å². The van der Waals surface area contributed by atoms with E-state index in [9.17, 15) is 4.39 Å². The van der Waals surface area contributed by atoms with Gasteiger partial charge in [-0.3, -0.25) is 0 Å². The van der Waals surface area contributed by atoms with E-state index in [1.165, 1.54) is 6.20 Å². The normalized spacial score (nSPS) is 22.2. The van der Waals surface area contributed by atoms with Gasteiger partial charge < -0.3 is 5.32 Å². The molecule has 0 aliphatic carbocycles. The molecule has 0 bridgehead atoms. The fraction of sp³-hybridized carbons (Fsp3) is 0.444. The van der Waals surface area contributed by atoms with Crippen molar-refractivity contribution in [3.05, 3.63) is 28.2 Å². The summed E-state index contributed by atoms with van der Waals surface area (Å²) in [5, 5.41) is 3.24. The molecule has 1 atom stereocenters. The lowest BCUT2D eigenvalue weighted by Crippen LogP contribution is -2.14. The Hall–Kier alpha value is -0.480. The Bertz CT molecular complexity index is 310. The maximum atomic E-state index is 13.2. The molecule has 1 aliphatic rings. The first-order valence-electron chi connectivity index (χ1n) is 4.31. The summed E-state index contributed by atoms with van der Waals surface area (Å²) >= 11 is 3.29. The Balaban J connectivity index is 2.32. The molecule has 1 aliphatic heterocycles. The molecule has 0 saturated carbocycles. The van der Waals surface area contributed by atoms with E-state index < -0.39 is 0 Å². The van der Waals surface area contributed by atoms with E-state index in [1.807, 2.05) is 0 Å². The number of halogens is 2. The molecule has 1 saturated heterocycles. The number of hydrogen-bond acceptors (Lipinski definition) is 2. The Morgan fingerprint density at radius 1 is 1.62 bits per heavy atom. The van der Waals surface area contributed by atoms with Crippen LogP contribution in [0.5, 0.6) is 0 Å². The minimum Gasteiger partial charge on any atom is -0.310 e. The maximum absolute atomic E-state index is 13.2. The van der Waals surface area contributed by atoms with Crippen molar-refractivity contribution in [2.45, 2.75) is 18.9 Å². The minimum atomic E-state index is -0.359. The van der Waals surface area contributed by atoms with Crippen LogP contribution in [0.4, 0.5) is 4.39 Å². The number of aromatic nitrogens is 1. The molecule has 1 unspecified atom stereocenters. The summed E-state index contributed by atoms with van der Waals surface area (Å²) in [6.45, 7) is 0.969. The van der Waals surface area contributed by atoms with Crippen LogP contribution in [0.3, 0.4) is 0 Å². The van der Waals surface area contributed by atoms with Gasteiger partial charge in [0.25, 0.3) is 0 Å². The number of pyridine rings is 1. The SMILES string of the molecule is Fc1ncc(Br)cc1C1CCCN1. The smallest absolute Gasteiger partial charge is 0.217 e. The van der Waals surface area contributed by atoms with Gasteiger partial charge in [-0.15, -0.1) is 0 Å². The van der Waals surface area contributed by atoms with E-state index in [1.54, 1.807) is 6.07 Å². The van der Waals surface area contributed by atoms with Gasteiger partial charge in [0.15, 0.2) is 0 Å². The van der Waals surface area contributed by atoms with Crippen LogP contribution in [-0.2, 0) is 0 Å². The van der Waals surface area contributed by atoms with Crippen molar-refractivity contribution < 1.29 is 4.39 Å². The molecule has 1 fully saturated rings. The van der Waals surface area contributed by atoms with Crippen LogP contribution in [0.2, 0.25) is 0 Å². The van der Waals surface area contributed by atoms with Gasteiger partial charge in [-0.2, -0.15) is 4.39 Å². The van der Waals surface area contributed by atoms with E-state index in [2.05, 4.69) is 26.2 Å². The van der Waals surface area contributed by atoms with Crippen LogP contribution in [0.1, 0.15) is 24.4 Å². The van der Waals surface area contributed by atoms with Gasteiger partial charge in [-0.25, -0.2) is 4.98 Å². The third-order valence-electron chi connectivity index (χ3n) is 2.27. The van der Waals surface area contributed by atoms with Gasteiger partial charge in [0, 0.05) is 22.3 Å². The summed E-state index contributed by atoms with van der Waals surface area (Å²) in [5.41, 5.74) is 0.673. The van der Waals surface area contributed by atoms with Crippen molar-refractivity contribution in [2.24, 2.45) is 0 Å². The van der Waals surface area contributed by atoms with Crippen molar-refractivity contribution in [1.82, 2.24) is 10.3 Å². The maximum Gasteiger partial charge on any atom is 0.217 e. The molecule has 2 nitrogen and oxygen atoms in total. The molecule has 4 heteroatoms. The number of nitrogens with one attached hydrogen (secondary N) is 1. The standard InChI is InChI=1S/C9H10BrFN2/c10-6-4-7(9(11)13-5-6)8-2-1-3-12-8/h4-5,8,12H,1-3H2. The van der Waals surface area contributed by atoms with Crippen LogP contribution >= 0.6 is 15.9 Å². The molecule has 1 N–H and O–H groups in total. The highest BCUT2D eigenvalue weighted by molar-refractivity contribution is 9.10. The monoisotopic (exact) mass is 244 g/mol. The highest BCUT2D eigenvalue weighted by atomic mass is 79.9. The van der Waals surface area contributed by atoms with Crippen LogP contribution in [0, 0.1) is 5.95 Å². The second kappa shape index (κ2) is 3.72. The summed E-state index contributed by atoms with van der Waals surface area (Å²) in [7, 11) is 0. The lowest BCUT2D eigenvalue weighted by atomic mass is 10.1. The second-order valence-corrected chi connectivity index (χ2v) is 4.10. The molecule has 2 rings (SSSR count). The highest BCUT2D eigenvalue weighted by Gasteiger charge is 2.20. The van der Waals surface area contributed by atoms with Crippen molar-refractivity contribution in [1.29, 1.82) is 0 Å². The van der Waals surface area contributed by atoms with Gasteiger partial charge in [0.1, 0.15) is 0 Å². The summed E-state index contributed by atoms with van der Waals surface area (Å²) < 4.78 is 14.1. The van der Waals surface area contributed by atoms with E-state index in [0.29, 0.717) is 5.56 Å². The number of nitrogens with zero attached hydrogens (tertiary/aromatic N) is 1. The molecule has 0 aromatic carbocycles. The predicted octanol–water partition coefficient (Wildman–Crippen LogP) is 2.41. The van der Waals surface area contributed by atoms with Crippen molar-refractivity contribution >= 4 is 15.9 Å². The molecule has 1 aromatic heterocycles. The van der Waals surface area contributed by atoms with E-state index >= 15 is 0 Å². The van der Waals surface area contributed by atoms with Gasteiger partial charge in [0.2, 0.25) is 5.95 Å². The number of rotatable bonds is 1. The largest absolute Gasteiger partial charge is 0.310 e. The molecule has 0 spiro atoms. The van der Waals surface area contributed by atoms with Crippen LogP contribution in [0.15, 0.2) is 16.7 Å². The summed E-state index contributed by atoms with van der Waals surface area (Å²) in [5.74, 6) is -0.359. The molecule has 1 aromatic rings. The Kier molecular flexibility index (Phi) is 2.60. The summed E-state index contributed by atoms with van der Waals surface area (Å²) in [4.78, 5) is 3.67. The molecule has 0 radical (unpaired) electrons. The lowest BCUT2D eigenvalue weighted by Gasteiger charge is -2.10. The quantitative estimate of drug-likeness (QED) is 0.768. The van der Waals surface area contributed by atoms with E-state index in [0.717, 1.165) is 23.9 Å². The fourth-order valence-electron chi connectivity index (χ4n) is 1.63. The molecule has 0 amide bonds. The Labute approximate surface area is 84.7 Å². The third-order valence-corrected chi connectivity index (χ3v) is 2.70. The lowest BCUT2D eigenvalue weighted by molar-refractivity contribution is 0.527. The van der Waals surface area contributed by atoms with Gasteiger partial charge in [0.05, 0.1) is 0 Å². The molecule has 70 valence electrons. The molecular formula is C9H10BrFN2. The fourth-order valence-corrected chi connectivity index (χ4v) is 1.98. The average molecular weight is 245 g/mol. The van der Waals surface area contributed by atoms with Gasteiger partial charge in [-0.1, -0.05) is 0 Å². The van der Waals surface area contributed by atoms with Gasteiger partial charge >= 0.3 is 0 Å². The minimum absolute atomic E-state index is 0.144. The van der Waals surface area contributed by atoms with E-state index in [-0.39, 0.29) is 12.0 Å². The zero-order chi connectivity index (χ0) is 9.26. The Morgan fingerprint density at radius 2 is 2.46 bits per heavy atom. The second-order valence-electron chi connectivity index (χ2n) is 3.18. The van der Waals surface area contributed by atoms with Crippen LogP contribution in [-0.4, -0.2) is 11.5 Å². The zero-order valence-corrected chi connectivity index (χ0v) is 8.64. The van der Waals surface area contributed by atoms with Crippen LogP contribution < -0.4 is 5.32 Å². The molecule has 2 heterocycles. The first-order valence-corrected chi connectivity index (χ1v) is 5.11. The number of hydrogen-bond donors (Lipinski definition) is 1. The summed E-state index contributed by atoms with van der Waals surface area (Å²) in [6, 6.07) is 1.94. The molecular weight excluding hydrogens is 235 g/mol. The summed E-state index contributed by atoms with van der Waals surface area (Å²) in [6.07, 6.45) is 3.58.